The highest BCUT2D eigenvalue weighted by atomic mass is 19.1. The predicted molar refractivity (Wildman–Crippen MR) is 54.7 cm³/mol. The zero-order valence-electron chi connectivity index (χ0n) is 8.33. The summed E-state index contributed by atoms with van der Waals surface area (Å²) in [6.45, 7) is 4.77. The molecule has 1 rings (SSSR count). The maximum atomic E-state index is 13.4. The molecule has 1 atom stereocenters. The largest absolute Gasteiger partial charge is 0.381 e. The first-order valence-electron chi connectivity index (χ1n) is 4.34. The molecule has 1 aromatic rings. The number of halogens is 1. The van der Waals surface area contributed by atoms with Crippen molar-refractivity contribution in [3.63, 3.8) is 0 Å². The normalized spacial score (nSPS) is 14.3. The summed E-state index contributed by atoms with van der Waals surface area (Å²) in [4.78, 5) is 10.9. The topological polar surface area (TPSA) is 63.3 Å². The third-order valence-corrected chi connectivity index (χ3v) is 2.19. The van der Waals surface area contributed by atoms with Crippen LogP contribution >= 0.6 is 0 Å². The number of hydrogen-bond acceptors (Lipinski definition) is 2. The Labute approximate surface area is 87.0 Å². The molecule has 0 heterocycles. The van der Waals surface area contributed by atoms with E-state index >= 15 is 0 Å². The average Bonchev–Trinajstić information content (AvgIpc) is 2.17. The summed E-state index contributed by atoms with van der Waals surface area (Å²) in [5.41, 5.74) is 3.66. The summed E-state index contributed by atoms with van der Waals surface area (Å²) in [5, 5.41) is 9.77. The van der Waals surface area contributed by atoms with Crippen LogP contribution < -0.4 is 5.73 Å². The molecule has 0 saturated carbocycles. The Balaban J connectivity index is 3.34. The number of nitrogens with two attached hydrogens (primary N) is 1. The molecule has 0 aromatic heterocycles. The zero-order valence-corrected chi connectivity index (χ0v) is 8.33. The summed E-state index contributed by atoms with van der Waals surface area (Å²) in [6.07, 6.45) is 1.19. The van der Waals surface area contributed by atoms with Gasteiger partial charge in [-0.05, 0) is 25.1 Å². The van der Waals surface area contributed by atoms with Crippen LogP contribution in [0.3, 0.4) is 0 Å². The minimum atomic E-state index is -1.52. The average molecular weight is 209 g/mol. The Bertz CT molecular complexity index is 413. The van der Waals surface area contributed by atoms with Crippen molar-refractivity contribution in [2.24, 2.45) is 5.73 Å². The molecule has 0 aliphatic heterocycles. The van der Waals surface area contributed by atoms with E-state index in [-0.39, 0.29) is 11.1 Å². The highest BCUT2D eigenvalue weighted by Crippen LogP contribution is 2.25. The van der Waals surface area contributed by atoms with Gasteiger partial charge in [-0.25, -0.2) is 4.39 Å². The Morgan fingerprint density at radius 1 is 1.67 bits per heavy atom. The van der Waals surface area contributed by atoms with Crippen molar-refractivity contribution in [3.05, 3.63) is 47.8 Å². The smallest absolute Gasteiger partial charge is 0.248 e. The minimum Gasteiger partial charge on any atom is -0.381 e. The van der Waals surface area contributed by atoms with Crippen LogP contribution in [-0.4, -0.2) is 11.0 Å². The van der Waals surface area contributed by atoms with Crippen molar-refractivity contribution in [3.8, 4) is 0 Å². The second kappa shape index (κ2) is 3.82. The number of benzene rings is 1. The minimum absolute atomic E-state index is 0.0196. The van der Waals surface area contributed by atoms with Crippen LogP contribution in [0, 0.1) is 5.82 Å². The lowest BCUT2D eigenvalue weighted by atomic mass is 9.94. The standard InChI is InChI=1S/C11H12FNO2/c1-3-11(2,15)8-6-7(10(13)14)4-5-9(8)12/h3-6,15H,1H2,2H3,(H2,13,14). The van der Waals surface area contributed by atoms with Crippen LogP contribution in [0.5, 0.6) is 0 Å². The Kier molecular flexibility index (Phi) is 2.90. The molecule has 1 amide bonds. The highest BCUT2D eigenvalue weighted by Gasteiger charge is 2.23. The summed E-state index contributed by atoms with van der Waals surface area (Å²) < 4.78 is 13.4. The van der Waals surface area contributed by atoms with Crippen molar-refractivity contribution in [2.75, 3.05) is 0 Å². The number of rotatable bonds is 3. The van der Waals surface area contributed by atoms with Gasteiger partial charge in [0.15, 0.2) is 0 Å². The van der Waals surface area contributed by atoms with Crippen LogP contribution in [0.1, 0.15) is 22.8 Å². The second-order valence-electron chi connectivity index (χ2n) is 3.41. The molecule has 3 nitrogen and oxygen atoms in total. The van der Waals surface area contributed by atoms with Gasteiger partial charge in [0.25, 0.3) is 0 Å². The van der Waals surface area contributed by atoms with Crippen molar-refractivity contribution < 1.29 is 14.3 Å². The Morgan fingerprint density at radius 3 is 2.73 bits per heavy atom. The molecule has 0 aliphatic rings. The van der Waals surface area contributed by atoms with E-state index in [2.05, 4.69) is 6.58 Å². The van der Waals surface area contributed by atoms with Gasteiger partial charge in [0.05, 0.1) is 0 Å². The Hall–Kier alpha value is -1.68. The van der Waals surface area contributed by atoms with Gasteiger partial charge in [0.2, 0.25) is 5.91 Å². The number of hydrogen-bond donors (Lipinski definition) is 2. The molecule has 0 spiro atoms. The van der Waals surface area contributed by atoms with Gasteiger partial charge >= 0.3 is 0 Å². The fourth-order valence-corrected chi connectivity index (χ4v) is 1.18. The van der Waals surface area contributed by atoms with E-state index in [9.17, 15) is 14.3 Å². The third-order valence-electron chi connectivity index (χ3n) is 2.19. The summed E-state index contributed by atoms with van der Waals surface area (Å²) in [5.74, 6) is -1.28. The molecule has 3 N–H and O–H groups in total. The van der Waals surface area contributed by atoms with E-state index in [1.165, 1.54) is 25.1 Å². The second-order valence-corrected chi connectivity index (χ2v) is 3.41. The molecule has 0 radical (unpaired) electrons. The van der Waals surface area contributed by atoms with Crippen molar-refractivity contribution in [1.29, 1.82) is 0 Å². The molecule has 1 aromatic carbocycles. The SMILES string of the molecule is C=CC(C)(O)c1cc(C(N)=O)ccc1F. The number of primary amides is 1. The number of amides is 1. The maximum absolute atomic E-state index is 13.4. The van der Waals surface area contributed by atoms with Crippen LogP contribution in [0.4, 0.5) is 4.39 Å². The fourth-order valence-electron chi connectivity index (χ4n) is 1.18. The molecule has 0 fully saturated rings. The lowest BCUT2D eigenvalue weighted by Crippen LogP contribution is -2.21. The first-order valence-corrected chi connectivity index (χ1v) is 4.34. The number of carbonyl (C=O) groups excluding carboxylic acids is 1. The van der Waals surface area contributed by atoms with E-state index in [4.69, 9.17) is 5.73 Å². The molecule has 4 heteroatoms. The molecule has 80 valence electrons. The summed E-state index contributed by atoms with van der Waals surface area (Å²) >= 11 is 0. The third kappa shape index (κ3) is 2.22. The highest BCUT2D eigenvalue weighted by molar-refractivity contribution is 5.93. The molecule has 15 heavy (non-hydrogen) atoms. The van der Waals surface area contributed by atoms with Crippen molar-refractivity contribution in [2.45, 2.75) is 12.5 Å². The lowest BCUT2D eigenvalue weighted by Gasteiger charge is -2.20. The summed E-state index contributed by atoms with van der Waals surface area (Å²) in [7, 11) is 0. The van der Waals surface area contributed by atoms with Crippen LogP contribution in [-0.2, 0) is 5.60 Å². The fraction of sp³-hybridized carbons (Fsp3) is 0.182. The zero-order chi connectivity index (χ0) is 11.6. The van der Waals surface area contributed by atoms with E-state index in [0.717, 1.165) is 6.07 Å². The first-order chi connectivity index (χ1) is 6.88. The molecular weight excluding hydrogens is 197 g/mol. The quantitative estimate of drug-likeness (QED) is 0.737. The van der Waals surface area contributed by atoms with Gasteiger partial charge in [-0.15, -0.1) is 0 Å². The first kappa shape index (κ1) is 11.4. The van der Waals surface area contributed by atoms with Gasteiger partial charge in [-0.1, -0.05) is 12.7 Å². The van der Waals surface area contributed by atoms with Crippen molar-refractivity contribution in [1.82, 2.24) is 0 Å². The molecule has 0 bridgehead atoms. The molecule has 1 unspecified atom stereocenters. The van der Waals surface area contributed by atoms with Crippen LogP contribution in [0.2, 0.25) is 0 Å². The number of carbonyl (C=O) groups is 1. The number of aliphatic hydroxyl groups is 1. The molecular formula is C11H12FNO2. The van der Waals surface area contributed by atoms with E-state index < -0.39 is 17.3 Å². The van der Waals surface area contributed by atoms with Gasteiger partial charge < -0.3 is 10.8 Å². The van der Waals surface area contributed by atoms with E-state index in [1.807, 2.05) is 0 Å². The Morgan fingerprint density at radius 2 is 2.27 bits per heavy atom. The van der Waals surface area contributed by atoms with E-state index in [1.54, 1.807) is 0 Å². The van der Waals surface area contributed by atoms with Gasteiger partial charge in [-0.3, -0.25) is 4.79 Å². The summed E-state index contributed by atoms with van der Waals surface area (Å²) in [6, 6.07) is 3.58. The van der Waals surface area contributed by atoms with E-state index in [0.29, 0.717) is 0 Å². The monoisotopic (exact) mass is 209 g/mol. The van der Waals surface area contributed by atoms with Crippen molar-refractivity contribution >= 4 is 5.91 Å². The van der Waals surface area contributed by atoms with Gasteiger partial charge in [0, 0.05) is 11.1 Å². The molecule has 0 saturated heterocycles. The van der Waals surface area contributed by atoms with Gasteiger partial charge in [0.1, 0.15) is 11.4 Å². The predicted octanol–water partition coefficient (Wildman–Crippen LogP) is 1.32. The van der Waals surface area contributed by atoms with Crippen LogP contribution in [0.15, 0.2) is 30.9 Å². The molecule has 0 aliphatic carbocycles. The lowest BCUT2D eigenvalue weighted by molar-refractivity contribution is 0.0996. The van der Waals surface area contributed by atoms with Gasteiger partial charge in [-0.2, -0.15) is 0 Å². The van der Waals surface area contributed by atoms with Crippen LogP contribution in [0.25, 0.3) is 0 Å². The maximum Gasteiger partial charge on any atom is 0.248 e.